The maximum Gasteiger partial charge on any atom is 0.198 e. The lowest BCUT2D eigenvalue weighted by molar-refractivity contribution is -1.01. The van der Waals surface area contributed by atoms with E-state index in [4.69, 9.17) is 11.6 Å². The molecule has 0 unspecified atom stereocenters. The van der Waals surface area contributed by atoms with Crippen molar-refractivity contribution in [1.29, 1.82) is 0 Å². The molecule has 0 saturated carbocycles. The van der Waals surface area contributed by atoms with Crippen LogP contribution < -0.4 is 15.2 Å². The summed E-state index contributed by atoms with van der Waals surface area (Å²) in [6.07, 6.45) is 0. The molecule has 0 spiro atoms. The van der Waals surface area contributed by atoms with Gasteiger partial charge in [-0.25, -0.2) is 0 Å². The van der Waals surface area contributed by atoms with Crippen LogP contribution in [0.15, 0.2) is 53.3 Å². The van der Waals surface area contributed by atoms with Crippen molar-refractivity contribution in [2.75, 3.05) is 33.2 Å². The molecular weight excluding hydrogens is 346 g/mol. The summed E-state index contributed by atoms with van der Waals surface area (Å²) in [7, 11) is 2.23. The number of fused-ring (bicyclic) bond motifs is 1. The van der Waals surface area contributed by atoms with Crippen LogP contribution in [-0.4, -0.2) is 38.2 Å². The second kappa shape index (κ2) is 7.23. The molecule has 2 aromatic carbocycles. The number of H-pyrrole nitrogens is 1. The van der Waals surface area contributed by atoms with Crippen molar-refractivity contribution in [2.24, 2.45) is 0 Å². The van der Waals surface area contributed by atoms with Crippen molar-refractivity contribution in [1.82, 2.24) is 4.98 Å². The number of hydrogen-bond acceptors (Lipinski definition) is 1. The van der Waals surface area contributed by atoms with Crippen molar-refractivity contribution in [3.05, 3.63) is 69.3 Å². The average Bonchev–Trinajstić information content (AvgIpc) is 2.66. The zero-order valence-electron chi connectivity index (χ0n) is 14.9. The number of aromatic amines is 1. The maximum absolute atomic E-state index is 13.3. The molecule has 5 heteroatoms. The number of likely N-dealkylation sites (N-methyl/N-ethyl adjacent to an activating group) is 1. The van der Waals surface area contributed by atoms with Crippen molar-refractivity contribution in [2.45, 2.75) is 6.54 Å². The smallest absolute Gasteiger partial charge is 0.198 e. The van der Waals surface area contributed by atoms with Crippen LogP contribution in [0, 0.1) is 0 Å². The van der Waals surface area contributed by atoms with Crippen LogP contribution in [0.25, 0.3) is 22.2 Å². The Kier molecular flexibility index (Phi) is 4.81. The summed E-state index contributed by atoms with van der Waals surface area (Å²) >= 11 is 6.15. The molecule has 134 valence electrons. The summed E-state index contributed by atoms with van der Waals surface area (Å²) < 4.78 is 0. The van der Waals surface area contributed by atoms with E-state index in [0.29, 0.717) is 10.4 Å². The third-order valence-corrected chi connectivity index (χ3v) is 5.60. The molecule has 0 radical (unpaired) electrons. The van der Waals surface area contributed by atoms with Gasteiger partial charge in [0.2, 0.25) is 0 Å². The molecule has 4 rings (SSSR count). The SMILES string of the molecule is C[NH+]1CC[NH+](Cc2c(-c3ccccc3)[nH]c3ccc(Cl)cc3c2=O)CC1. The molecule has 1 aliphatic rings. The lowest BCUT2D eigenvalue weighted by Gasteiger charge is -2.27. The molecular formula is C21H24ClN3O+2. The Balaban J connectivity index is 1.85. The van der Waals surface area contributed by atoms with Gasteiger partial charge in [0, 0.05) is 15.9 Å². The number of benzene rings is 2. The first-order chi connectivity index (χ1) is 12.6. The highest BCUT2D eigenvalue weighted by atomic mass is 35.5. The van der Waals surface area contributed by atoms with E-state index in [1.165, 1.54) is 4.90 Å². The van der Waals surface area contributed by atoms with Gasteiger partial charge in [0.15, 0.2) is 5.43 Å². The third kappa shape index (κ3) is 3.40. The number of rotatable bonds is 3. The number of hydrogen-bond donors (Lipinski definition) is 3. The summed E-state index contributed by atoms with van der Waals surface area (Å²) in [5.41, 5.74) is 3.78. The standard InChI is InChI=1S/C21H22ClN3O/c1-24-9-11-25(12-10-24)14-18-20(15-5-3-2-4-6-15)23-19-8-7-16(22)13-17(19)21(18)26/h2-8,13H,9-12,14H2,1H3,(H,23,26)/p+2. The minimum absolute atomic E-state index is 0.0962. The van der Waals surface area contributed by atoms with Gasteiger partial charge in [-0.1, -0.05) is 41.9 Å². The van der Waals surface area contributed by atoms with E-state index in [1.807, 2.05) is 30.3 Å². The minimum atomic E-state index is 0.0962. The summed E-state index contributed by atoms with van der Waals surface area (Å²) in [5.74, 6) is 0. The predicted molar refractivity (Wildman–Crippen MR) is 106 cm³/mol. The average molecular weight is 370 g/mol. The first-order valence-electron chi connectivity index (χ1n) is 9.16. The summed E-state index contributed by atoms with van der Waals surface area (Å²) in [4.78, 5) is 19.9. The highest BCUT2D eigenvalue weighted by Crippen LogP contribution is 2.23. The normalized spacial score (nSPS) is 20.4. The van der Waals surface area contributed by atoms with E-state index in [0.717, 1.165) is 55.1 Å². The van der Waals surface area contributed by atoms with Gasteiger partial charge in [-0.2, -0.15) is 0 Å². The highest BCUT2D eigenvalue weighted by molar-refractivity contribution is 6.31. The third-order valence-electron chi connectivity index (χ3n) is 5.36. The van der Waals surface area contributed by atoms with Gasteiger partial charge >= 0.3 is 0 Å². The molecule has 0 bridgehead atoms. The fraction of sp³-hybridized carbons (Fsp3) is 0.286. The lowest BCUT2D eigenvalue weighted by atomic mass is 10.0. The van der Waals surface area contributed by atoms with Crippen LogP contribution in [0.1, 0.15) is 5.56 Å². The number of halogens is 1. The Morgan fingerprint density at radius 3 is 2.50 bits per heavy atom. The van der Waals surface area contributed by atoms with Gasteiger partial charge in [0.05, 0.1) is 18.3 Å². The number of quaternary nitrogens is 2. The van der Waals surface area contributed by atoms with Crippen LogP contribution >= 0.6 is 11.6 Å². The minimum Gasteiger partial charge on any atom is -0.354 e. The summed E-state index contributed by atoms with van der Waals surface area (Å²) in [6, 6.07) is 15.6. The van der Waals surface area contributed by atoms with Crippen LogP contribution in [0.3, 0.4) is 0 Å². The molecule has 1 fully saturated rings. The van der Waals surface area contributed by atoms with E-state index < -0.39 is 0 Å². The highest BCUT2D eigenvalue weighted by Gasteiger charge is 2.24. The Bertz CT molecular complexity index is 976. The summed E-state index contributed by atoms with van der Waals surface area (Å²) in [6.45, 7) is 5.22. The van der Waals surface area contributed by atoms with E-state index >= 15 is 0 Å². The second-order valence-corrected chi connectivity index (χ2v) is 7.68. The largest absolute Gasteiger partial charge is 0.354 e. The first-order valence-corrected chi connectivity index (χ1v) is 9.54. The van der Waals surface area contributed by atoms with E-state index in [1.54, 1.807) is 11.0 Å². The van der Waals surface area contributed by atoms with Gasteiger partial charge in [0.25, 0.3) is 0 Å². The topological polar surface area (TPSA) is 41.7 Å². The number of piperazine rings is 1. The van der Waals surface area contributed by atoms with E-state index in [-0.39, 0.29) is 5.43 Å². The molecule has 3 N–H and O–H groups in total. The van der Waals surface area contributed by atoms with Gasteiger partial charge in [-0.05, 0) is 23.8 Å². The van der Waals surface area contributed by atoms with Crippen LogP contribution in [0.2, 0.25) is 5.02 Å². The predicted octanol–water partition coefficient (Wildman–Crippen LogP) is 0.762. The van der Waals surface area contributed by atoms with Crippen LogP contribution in [0.5, 0.6) is 0 Å². The molecule has 0 amide bonds. The Hall–Kier alpha value is -2.14. The Labute approximate surface area is 158 Å². The van der Waals surface area contributed by atoms with Crippen molar-refractivity contribution < 1.29 is 9.80 Å². The van der Waals surface area contributed by atoms with E-state index in [9.17, 15) is 4.79 Å². The molecule has 2 heterocycles. The van der Waals surface area contributed by atoms with Gasteiger partial charge in [0.1, 0.15) is 32.7 Å². The fourth-order valence-electron chi connectivity index (χ4n) is 3.78. The zero-order valence-corrected chi connectivity index (χ0v) is 15.7. The molecule has 1 saturated heterocycles. The first kappa shape index (κ1) is 17.3. The molecule has 1 aromatic heterocycles. The quantitative estimate of drug-likeness (QED) is 0.627. The molecule has 26 heavy (non-hydrogen) atoms. The molecule has 0 aliphatic carbocycles. The number of pyridine rings is 1. The fourth-order valence-corrected chi connectivity index (χ4v) is 3.95. The lowest BCUT2D eigenvalue weighted by Crippen LogP contribution is -3.26. The van der Waals surface area contributed by atoms with Gasteiger partial charge < -0.3 is 14.8 Å². The van der Waals surface area contributed by atoms with Crippen molar-refractivity contribution in [3.8, 4) is 11.3 Å². The Morgan fingerprint density at radius 1 is 1.04 bits per heavy atom. The zero-order chi connectivity index (χ0) is 18.1. The maximum atomic E-state index is 13.3. The molecule has 0 atom stereocenters. The second-order valence-electron chi connectivity index (χ2n) is 7.25. The molecule has 4 nitrogen and oxygen atoms in total. The van der Waals surface area contributed by atoms with Gasteiger partial charge in [-0.3, -0.25) is 4.79 Å². The molecule has 3 aromatic rings. The van der Waals surface area contributed by atoms with E-state index in [2.05, 4.69) is 24.2 Å². The molecule has 1 aliphatic heterocycles. The van der Waals surface area contributed by atoms with Crippen LogP contribution in [-0.2, 0) is 6.54 Å². The number of aromatic nitrogens is 1. The number of nitrogens with one attached hydrogen (secondary N) is 3. The summed E-state index contributed by atoms with van der Waals surface area (Å²) in [5, 5.41) is 1.27. The van der Waals surface area contributed by atoms with Crippen LogP contribution in [0.4, 0.5) is 0 Å². The Morgan fingerprint density at radius 2 is 1.77 bits per heavy atom. The van der Waals surface area contributed by atoms with Gasteiger partial charge in [-0.15, -0.1) is 0 Å². The van der Waals surface area contributed by atoms with Crippen molar-refractivity contribution in [3.63, 3.8) is 0 Å². The monoisotopic (exact) mass is 369 g/mol. The van der Waals surface area contributed by atoms with Crippen molar-refractivity contribution >= 4 is 22.5 Å².